The first kappa shape index (κ1) is 11.5. The first-order valence-corrected chi connectivity index (χ1v) is 5.89. The smallest absolute Gasteiger partial charge is 0.206 e. The Morgan fingerprint density at radius 2 is 2.00 bits per heavy atom. The van der Waals surface area contributed by atoms with Crippen LogP contribution in [0.1, 0.15) is 13.8 Å². The van der Waals surface area contributed by atoms with Gasteiger partial charge in [-0.05, 0) is 11.6 Å². The summed E-state index contributed by atoms with van der Waals surface area (Å²) in [5.41, 5.74) is 0. The number of rotatable bonds is 3. The van der Waals surface area contributed by atoms with Gasteiger partial charge >= 0.3 is 0 Å². The molecule has 74 valence electrons. The van der Waals surface area contributed by atoms with E-state index in [1.54, 1.807) is 16.3 Å². The molecule has 1 aromatic rings. The predicted molar refractivity (Wildman–Crippen MR) is 60.0 cm³/mol. The SMILES string of the molecule is CC(C)SCn1c(Cl)nc(Cl)c1Cl. The Kier molecular flexibility index (Phi) is 4.23. The molecule has 0 unspecified atom stereocenters. The summed E-state index contributed by atoms with van der Waals surface area (Å²) in [4.78, 5) is 3.84. The largest absolute Gasteiger partial charge is 0.295 e. The fraction of sp³-hybridized carbons (Fsp3) is 0.571. The molecule has 0 amide bonds. The highest BCUT2D eigenvalue weighted by Gasteiger charge is 2.12. The van der Waals surface area contributed by atoms with Gasteiger partial charge in [-0.25, -0.2) is 4.98 Å². The topological polar surface area (TPSA) is 17.8 Å². The number of hydrogen-bond donors (Lipinski definition) is 0. The first-order valence-electron chi connectivity index (χ1n) is 3.71. The second kappa shape index (κ2) is 4.78. The van der Waals surface area contributed by atoms with Crippen LogP contribution in [0, 0.1) is 0 Å². The van der Waals surface area contributed by atoms with Crippen LogP contribution in [0.2, 0.25) is 15.6 Å². The van der Waals surface area contributed by atoms with Gasteiger partial charge in [0, 0.05) is 5.25 Å². The van der Waals surface area contributed by atoms with Crippen molar-refractivity contribution in [2.45, 2.75) is 25.0 Å². The maximum Gasteiger partial charge on any atom is 0.206 e. The Labute approximate surface area is 96.6 Å². The third-order valence-electron chi connectivity index (χ3n) is 1.36. The lowest BCUT2D eigenvalue weighted by molar-refractivity contribution is 0.884. The van der Waals surface area contributed by atoms with E-state index in [0.29, 0.717) is 21.6 Å². The average Bonchev–Trinajstić information content (AvgIpc) is 2.24. The number of thioether (sulfide) groups is 1. The van der Waals surface area contributed by atoms with Crippen LogP contribution in [0.25, 0.3) is 0 Å². The maximum absolute atomic E-state index is 5.87. The lowest BCUT2D eigenvalue weighted by atomic mass is 10.6. The van der Waals surface area contributed by atoms with Crippen LogP contribution in [0.5, 0.6) is 0 Å². The van der Waals surface area contributed by atoms with Gasteiger partial charge in [-0.1, -0.05) is 37.0 Å². The molecule has 1 heterocycles. The number of imidazole rings is 1. The second-order valence-corrected chi connectivity index (χ2v) is 5.32. The highest BCUT2D eigenvalue weighted by Crippen LogP contribution is 2.28. The quantitative estimate of drug-likeness (QED) is 0.818. The van der Waals surface area contributed by atoms with E-state index in [2.05, 4.69) is 18.8 Å². The normalized spacial score (nSPS) is 11.2. The molecule has 1 rings (SSSR count). The highest BCUT2D eigenvalue weighted by atomic mass is 35.5. The summed E-state index contributed by atoms with van der Waals surface area (Å²) in [6, 6.07) is 0. The molecule has 0 aliphatic heterocycles. The van der Waals surface area contributed by atoms with Gasteiger partial charge in [-0.2, -0.15) is 0 Å². The van der Waals surface area contributed by atoms with Crippen LogP contribution in [-0.4, -0.2) is 14.8 Å². The number of halogens is 3. The van der Waals surface area contributed by atoms with Gasteiger partial charge in [-0.15, -0.1) is 11.8 Å². The zero-order chi connectivity index (χ0) is 10.0. The van der Waals surface area contributed by atoms with Gasteiger partial charge in [0.1, 0.15) is 5.15 Å². The van der Waals surface area contributed by atoms with Crippen molar-refractivity contribution >= 4 is 46.6 Å². The molecule has 0 spiro atoms. The zero-order valence-electron chi connectivity index (χ0n) is 7.22. The Bertz CT molecular complexity index is 298. The van der Waals surface area contributed by atoms with E-state index in [1.807, 2.05) is 0 Å². The Morgan fingerprint density at radius 1 is 1.38 bits per heavy atom. The van der Waals surface area contributed by atoms with Crippen molar-refractivity contribution in [3.63, 3.8) is 0 Å². The van der Waals surface area contributed by atoms with Crippen molar-refractivity contribution < 1.29 is 0 Å². The molecular weight excluding hydrogens is 251 g/mol. The Morgan fingerprint density at radius 3 is 2.38 bits per heavy atom. The third kappa shape index (κ3) is 2.94. The maximum atomic E-state index is 5.87. The van der Waals surface area contributed by atoms with E-state index in [1.165, 1.54) is 0 Å². The van der Waals surface area contributed by atoms with Crippen LogP contribution >= 0.6 is 46.6 Å². The molecule has 1 aromatic heterocycles. The van der Waals surface area contributed by atoms with E-state index >= 15 is 0 Å². The minimum Gasteiger partial charge on any atom is -0.295 e. The van der Waals surface area contributed by atoms with Gasteiger partial charge in [0.15, 0.2) is 5.15 Å². The van der Waals surface area contributed by atoms with Crippen LogP contribution in [0.15, 0.2) is 0 Å². The molecule has 0 fully saturated rings. The first-order chi connectivity index (χ1) is 6.02. The molecule has 0 aliphatic carbocycles. The summed E-state index contributed by atoms with van der Waals surface area (Å²) in [6.45, 7) is 4.20. The monoisotopic (exact) mass is 258 g/mol. The molecule has 13 heavy (non-hydrogen) atoms. The van der Waals surface area contributed by atoms with E-state index in [-0.39, 0.29) is 5.15 Å². The van der Waals surface area contributed by atoms with Gasteiger partial charge < -0.3 is 0 Å². The van der Waals surface area contributed by atoms with Crippen molar-refractivity contribution in [1.29, 1.82) is 0 Å². The average molecular weight is 260 g/mol. The molecule has 2 nitrogen and oxygen atoms in total. The van der Waals surface area contributed by atoms with Crippen molar-refractivity contribution in [3.05, 3.63) is 15.6 Å². The van der Waals surface area contributed by atoms with Crippen molar-refractivity contribution in [3.8, 4) is 0 Å². The number of nitrogens with zero attached hydrogens (tertiary/aromatic N) is 2. The molecule has 6 heteroatoms. The lowest BCUT2D eigenvalue weighted by Gasteiger charge is -2.07. The molecule has 0 aliphatic rings. The van der Waals surface area contributed by atoms with Crippen LogP contribution in [0.4, 0.5) is 0 Å². The number of aromatic nitrogens is 2. The van der Waals surface area contributed by atoms with Crippen LogP contribution in [-0.2, 0) is 5.88 Å². The van der Waals surface area contributed by atoms with Gasteiger partial charge in [0.2, 0.25) is 5.28 Å². The van der Waals surface area contributed by atoms with Gasteiger partial charge in [-0.3, -0.25) is 4.57 Å². The van der Waals surface area contributed by atoms with Crippen molar-refractivity contribution in [1.82, 2.24) is 9.55 Å². The lowest BCUT2D eigenvalue weighted by Crippen LogP contribution is -1.98. The molecule has 0 radical (unpaired) electrons. The van der Waals surface area contributed by atoms with E-state index in [9.17, 15) is 0 Å². The van der Waals surface area contributed by atoms with E-state index in [4.69, 9.17) is 34.8 Å². The molecule has 0 saturated heterocycles. The van der Waals surface area contributed by atoms with Gasteiger partial charge in [0.25, 0.3) is 0 Å². The molecule has 0 N–H and O–H groups in total. The third-order valence-corrected chi connectivity index (χ3v) is 3.46. The minimum atomic E-state index is 0.260. The number of hydrogen-bond acceptors (Lipinski definition) is 2. The van der Waals surface area contributed by atoms with Crippen LogP contribution < -0.4 is 0 Å². The van der Waals surface area contributed by atoms with Gasteiger partial charge in [0.05, 0.1) is 5.88 Å². The Hall–Kier alpha value is 0.430. The predicted octanol–water partition coefficient (Wildman–Crippen LogP) is 3.94. The minimum absolute atomic E-state index is 0.260. The standard InChI is InChI=1S/C7H9Cl3N2S/c1-4(2)13-3-12-6(9)5(8)11-7(12)10/h4H,3H2,1-2H3. The summed E-state index contributed by atoms with van der Waals surface area (Å²) in [5, 5.41) is 1.52. The molecule has 0 bridgehead atoms. The van der Waals surface area contributed by atoms with E-state index in [0.717, 1.165) is 0 Å². The summed E-state index contributed by atoms with van der Waals surface area (Å²) < 4.78 is 1.68. The summed E-state index contributed by atoms with van der Waals surface area (Å²) in [6.07, 6.45) is 0. The van der Waals surface area contributed by atoms with Crippen molar-refractivity contribution in [2.75, 3.05) is 0 Å². The van der Waals surface area contributed by atoms with E-state index < -0.39 is 0 Å². The van der Waals surface area contributed by atoms with Crippen LogP contribution in [0.3, 0.4) is 0 Å². The summed E-state index contributed by atoms with van der Waals surface area (Å²) >= 11 is 19.1. The fourth-order valence-corrected chi connectivity index (χ4v) is 2.23. The summed E-state index contributed by atoms with van der Waals surface area (Å²) in [7, 11) is 0. The highest BCUT2D eigenvalue weighted by molar-refractivity contribution is 7.98. The molecule has 0 aromatic carbocycles. The zero-order valence-corrected chi connectivity index (χ0v) is 10.3. The molecule has 0 saturated carbocycles. The Balaban J connectivity index is 2.76. The molecular formula is C7H9Cl3N2S. The second-order valence-electron chi connectivity index (χ2n) is 2.74. The van der Waals surface area contributed by atoms with Crippen molar-refractivity contribution in [2.24, 2.45) is 0 Å². The molecule has 0 atom stereocenters. The summed E-state index contributed by atoms with van der Waals surface area (Å²) in [5.74, 6) is 0.676. The fourth-order valence-electron chi connectivity index (χ4n) is 0.713.